The van der Waals surface area contributed by atoms with Crippen LogP contribution in [0.4, 0.5) is 0 Å². The van der Waals surface area contributed by atoms with Crippen molar-refractivity contribution in [3.8, 4) is 11.5 Å². The minimum absolute atomic E-state index is 0.241. The summed E-state index contributed by atoms with van der Waals surface area (Å²) in [7, 11) is -3.70. The third-order valence-electron chi connectivity index (χ3n) is 6.55. The number of hydrogen-bond donors (Lipinski definition) is 3. The van der Waals surface area contributed by atoms with Gasteiger partial charge in [-0.25, -0.2) is 0 Å². The van der Waals surface area contributed by atoms with Gasteiger partial charge in [0.15, 0.2) is 0 Å². The molecule has 0 heterocycles. The molecule has 0 atom stereocenters. The molecule has 0 bridgehead atoms. The summed E-state index contributed by atoms with van der Waals surface area (Å²) >= 11 is 0. The van der Waals surface area contributed by atoms with Crippen LogP contribution in [0.25, 0.3) is 0 Å². The molecule has 0 unspecified atom stereocenters. The molecule has 33 heavy (non-hydrogen) atoms. The fraction of sp³-hybridized carbons (Fsp3) is 0.571. The summed E-state index contributed by atoms with van der Waals surface area (Å²) in [5.41, 5.74) is 1.95. The van der Waals surface area contributed by atoms with Crippen LogP contribution in [0.5, 0.6) is 11.5 Å². The molecule has 0 radical (unpaired) electrons. The van der Waals surface area contributed by atoms with Crippen molar-refractivity contribution in [1.82, 2.24) is 0 Å². The monoisotopic (exact) mass is 476 g/mol. The molecular weight excluding hydrogens is 431 g/mol. The second kappa shape index (κ2) is 13.9. The molecule has 3 N–H and O–H groups in total. The van der Waals surface area contributed by atoms with E-state index in [0.717, 1.165) is 30.4 Å². The van der Waals surface area contributed by atoms with Crippen molar-refractivity contribution < 1.29 is 19.4 Å². The zero-order valence-electron chi connectivity index (χ0n) is 20.9. The van der Waals surface area contributed by atoms with Crippen LogP contribution in [0.3, 0.4) is 0 Å². The quantitative estimate of drug-likeness (QED) is 0.170. The van der Waals surface area contributed by atoms with E-state index in [0.29, 0.717) is 11.9 Å². The predicted molar refractivity (Wildman–Crippen MR) is 141 cm³/mol. The number of phenolic OH excluding ortho intramolecular Hbond substituents is 1. The van der Waals surface area contributed by atoms with Crippen LogP contribution in [0.1, 0.15) is 103 Å². The molecule has 2 rings (SSSR count). The van der Waals surface area contributed by atoms with E-state index in [1.807, 2.05) is 36.4 Å². The molecule has 0 amide bonds. The number of aromatic hydroxyl groups is 1. The second-order valence-electron chi connectivity index (χ2n) is 9.83. The van der Waals surface area contributed by atoms with Crippen molar-refractivity contribution >= 4 is 7.94 Å². The van der Waals surface area contributed by atoms with Gasteiger partial charge in [-0.1, -0.05) is 6.92 Å². The van der Waals surface area contributed by atoms with Gasteiger partial charge in [-0.3, -0.25) is 0 Å². The Labute approximate surface area is 201 Å². The molecule has 0 aliphatic rings. The van der Waals surface area contributed by atoms with Crippen molar-refractivity contribution in [2.75, 3.05) is 6.16 Å². The molecule has 0 aliphatic heterocycles. The van der Waals surface area contributed by atoms with Gasteiger partial charge in [0, 0.05) is 0 Å². The van der Waals surface area contributed by atoms with E-state index < -0.39 is 7.94 Å². The van der Waals surface area contributed by atoms with Gasteiger partial charge in [0.1, 0.15) is 0 Å². The Hall–Kier alpha value is -1.61. The zero-order valence-corrected chi connectivity index (χ0v) is 21.9. The van der Waals surface area contributed by atoms with E-state index in [9.17, 15) is 14.9 Å². The van der Waals surface area contributed by atoms with Crippen molar-refractivity contribution in [3.63, 3.8) is 0 Å². The molecule has 0 saturated carbocycles. The third kappa shape index (κ3) is 10.0. The first-order chi connectivity index (χ1) is 15.7. The predicted octanol–water partition coefficient (Wildman–Crippen LogP) is 7.89. The van der Waals surface area contributed by atoms with Gasteiger partial charge in [0.25, 0.3) is 0 Å². The summed E-state index contributed by atoms with van der Waals surface area (Å²) < 4.78 is 5.60. The molecule has 0 aromatic heterocycles. The molecule has 0 fully saturated rings. The number of benzene rings is 2. The third-order valence-corrected chi connectivity index (χ3v) is 8.12. The van der Waals surface area contributed by atoms with Crippen LogP contribution in [0.15, 0.2) is 48.5 Å². The summed E-state index contributed by atoms with van der Waals surface area (Å²) in [6, 6.07) is 14.8. The molecule has 2 aromatic rings. The molecule has 4 nitrogen and oxygen atoms in total. The first kappa shape index (κ1) is 27.6. The Bertz CT molecular complexity index is 785. The van der Waals surface area contributed by atoms with Gasteiger partial charge in [0.2, 0.25) is 0 Å². The van der Waals surface area contributed by atoms with Gasteiger partial charge in [-0.15, -0.1) is 0 Å². The van der Waals surface area contributed by atoms with E-state index in [2.05, 4.69) is 20.8 Å². The summed E-state index contributed by atoms with van der Waals surface area (Å²) in [4.78, 5) is 20.8. The molecular formula is C28H45O4P. The van der Waals surface area contributed by atoms with E-state index in [1.54, 1.807) is 12.1 Å². The fourth-order valence-electron chi connectivity index (χ4n) is 4.24. The van der Waals surface area contributed by atoms with Crippen LogP contribution in [-0.4, -0.2) is 21.1 Å². The molecule has 0 saturated heterocycles. The van der Waals surface area contributed by atoms with E-state index in [-0.39, 0.29) is 11.2 Å². The Balaban J connectivity index is 1.70. The van der Waals surface area contributed by atoms with Gasteiger partial charge >= 0.3 is 195 Å². The van der Waals surface area contributed by atoms with Crippen LogP contribution in [0.2, 0.25) is 0 Å². The molecule has 186 valence electrons. The normalized spacial score (nSPS) is 12.6. The summed E-state index contributed by atoms with van der Waals surface area (Å²) in [5, 5.41) is 9.54. The van der Waals surface area contributed by atoms with E-state index in [1.165, 1.54) is 51.4 Å². The van der Waals surface area contributed by atoms with Crippen molar-refractivity contribution in [2.45, 2.75) is 96.8 Å². The van der Waals surface area contributed by atoms with Gasteiger partial charge < -0.3 is 0 Å². The van der Waals surface area contributed by atoms with Crippen molar-refractivity contribution in [1.29, 1.82) is 0 Å². The van der Waals surface area contributed by atoms with E-state index in [4.69, 9.17) is 4.52 Å². The zero-order chi connectivity index (χ0) is 24.2. The first-order valence-electron chi connectivity index (χ1n) is 12.8. The Morgan fingerprint density at radius 3 is 1.58 bits per heavy atom. The maximum absolute atomic E-state index is 10.4. The van der Waals surface area contributed by atoms with Gasteiger partial charge in [-0.2, -0.15) is 0 Å². The standard InChI is InChI=1S/C28H45O4P/c1-4-5-6-7-8-9-10-11-12-13-14-23-33(30,31)32-27-21-17-25(18-22-27)28(2,3)24-15-19-26(29)20-16-24/h15-22,29-31,33H,4-14,23H2,1-3H3. The number of rotatable bonds is 16. The SMILES string of the molecule is CCCCCCCCCCCCC[PH](O)(O)Oc1ccc(C(C)(C)c2ccc(O)cc2)cc1. The maximum atomic E-state index is 10.4. The van der Waals surface area contributed by atoms with Crippen LogP contribution < -0.4 is 4.52 Å². The average molecular weight is 477 g/mol. The Kier molecular flexibility index (Phi) is 11.7. The summed E-state index contributed by atoms with van der Waals surface area (Å²) in [6.07, 6.45) is 13.9. The van der Waals surface area contributed by atoms with E-state index >= 15 is 0 Å². The number of phenols is 1. The molecule has 0 aliphatic carbocycles. The van der Waals surface area contributed by atoms with Crippen molar-refractivity contribution in [2.24, 2.45) is 0 Å². The van der Waals surface area contributed by atoms with Gasteiger partial charge in [-0.05, 0) is 0 Å². The summed E-state index contributed by atoms with van der Waals surface area (Å²) in [6.45, 7) is 6.50. The molecule has 2 aromatic carbocycles. The van der Waals surface area contributed by atoms with Gasteiger partial charge in [0.05, 0.1) is 0 Å². The average Bonchev–Trinajstić information content (AvgIpc) is 2.78. The summed E-state index contributed by atoms with van der Waals surface area (Å²) in [5.74, 6) is 0.753. The molecule has 0 spiro atoms. The van der Waals surface area contributed by atoms with Crippen molar-refractivity contribution in [3.05, 3.63) is 59.7 Å². The second-order valence-corrected chi connectivity index (χ2v) is 12.0. The first-order valence-corrected chi connectivity index (χ1v) is 14.8. The Morgan fingerprint density at radius 1 is 0.667 bits per heavy atom. The number of unbranched alkanes of at least 4 members (excludes halogenated alkanes) is 10. The fourth-order valence-corrected chi connectivity index (χ4v) is 5.57. The van der Waals surface area contributed by atoms with Crippen LogP contribution >= 0.6 is 7.94 Å². The van der Waals surface area contributed by atoms with Crippen LogP contribution in [0, 0.1) is 0 Å². The van der Waals surface area contributed by atoms with Crippen LogP contribution in [-0.2, 0) is 5.41 Å². The minimum atomic E-state index is -3.70. The Morgan fingerprint density at radius 2 is 1.09 bits per heavy atom. The molecule has 5 heteroatoms. The number of hydrogen-bond acceptors (Lipinski definition) is 4. The topological polar surface area (TPSA) is 69.9 Å².